The molecule has 2 N–H and O–H groups in total. The standard InChI is InChI=1S/C18H33P.C12H10N.CH4O3S.Pd/c1-4-10-16(11-5-1)19(17-12-6-2-7-13-17)18-14-8-3-9-15-18;13-12-9-5-4-8-11(12)10-6-2-1-3-7-10;1-5(2,3)4;/h16-18H,1-15H2;1-6,8-9H,13H2;1H3,(H,2,3,4);/p-1. The average Bonchev–Trinajstić information content (AvgIpc) is 2.91. The van der Waals surface area contributed by atoms with Gasteiger partial charge in [-0.3, -0.25) is 0 Å². The topological polar surface area (TPSA) is 83.2 Å². The molecule has 0 amide bonds. The van der Waals surface area contributed by atoms with Gasteiger partial charge in [-0.1, -0.05) is 108 Å². The maximum atomic E-state index is 9.08. The van der Waals surface area contributed by atoms with Crippen LogP contribution in [0.3, 0.4) is 0 Å². The van der Waals surface area contributed by atoms with Crippen LogP contribution in [0.4, 0.5) is 5.69 Å². The van der Waals surface area contributed by atoms with E-state index in [0.29, 0.717) is 14.2 Å². The molecule has 4 nitrogen and oxygen atoms in total. The predicted octanol–water partition coefficient (Wildman–Crippen LogP) is 8.36. The average molecular weight is 650 g/mol. The van der Waals surface area contributed by atoms with Crippen LogP contribution in [0.1, 0.15) is 96.3 Å². The van der Waals surface area contributed by atoms with E-state index in [9.17, 15) is 0 Å². The van der Waals surface area contributed by atoms with Gasteiger partial charge in [0, 0.05) is 37.9 Å². The van der Waals surface area contributed by atoms with Crippen LogP contribution in [0.2, 0.25) is 0 Å². The second-order valence-corrected chi connectivity index (χ2v) is 15.4. The maximum Gasteiger partial charge on any atom is 0.0916 e. The Hall–Kier alpha value is -0.758. The van der Waals surface area contributed by atoms with E-state index in [1.165, 1.54) is 36.2 Å². The molecule has 7 heteroatoms. The second-order valence-electron chi connectivity index (χ2n) is 10.9. The number of para-hydroxylation sites is 1. The van der Waals surface area contributed by atoms with Crippen LogP contribution >= 0.6 is 7.92 Å². The minimum atomic E-state index is -3.92. The van der Waals surface area contributed by atoms with Gasteiger partial charge in [-0.05, 0) is 73.2 Å². The summed E-state index contributed by atoms with van der Waals surface area (Å²) in [6, 6.07) is 18.8. The minimum absolute atomic E-state index is 0. The summed E-state index contributed by atoms with van der Waals surface area (Å²) in [6.07, 6.45) is 24.2. The molecule has 2 aromatic carbocycles. The molecule has 1 radical (unpaired) electrons. The monoisotopic (exact) mass is 649 g/mol. The Morgan fingerprint density at radius 2 is 1.13 bits per heavy atom. The fourth-order valence-corrected chi connectivity index (χ4v) is 11.0. The summed E-state index contributed by atoms with van der Waals surface area (Å²) in [4.78, 5) is 0. The van der Waals surface area contributed by atoms with Gasteiger partial charge in [0.25, 0.3) is 0 Å². The van der Waals surface area contributed by atoms with Crippen molar-refractivity contribution in [2.75, 3.05) is 12.0 Å². The summed E-state index contributed by atoms with van der Waals surface area (Å²) in [6.45, 7) is 0. The Balaban J connectivity index is 0.000000232. The van der Waals surface area contributed by atoms with Gasteiger partial charge in [-0.25, -0.2) is 8.42 Å². The quantitative estimate of drug-likeness (QED) is 0.156. The van der Waals surface area contributed by atoms with Crippen molar-refractivity contribution in [2.24, 2.45) is 0 Å². The van der Waals surface area contributed by atoms with Gasteiger partial charge in [0.1, 0.15) is 0 Å². The third-order valence-corrected chi connectivity index (χ3v) is 12.0. The first-order chi connectivity index (χ1) is 17.8. The summed E-state index contributed by atoms with van der Waals surface area (Å²) in [7, 11) is -3.53. The SMILES string of the molecule is C1CCC(P(C2CCCCC2)C2CCCCC2)CC1.CS(=O)(=O)[O-].Nc1ccccc1-c1[c]cccc1.[Pd]. The maximum absolute atomic E-state index is 9.08. The molecule has 0 atom stereocenters. The second kappa shape index (κ2) is 17.8. The molecule has 3 fully saturated rings. The Kier molecular flexibility index (Phi) is 15.7. The van der Waals surface area contributed by atoms with Gasteiger partial charge >= 0.3 is 0 Å². The third-order valence-electron chi connectivity index (χ3n) is 7.95. The zero-order chi connectivity index (χ0) is 26.5. The zero-order valence-corrected chi connectivity index (χ0v) is 26.2. The van der Waals surface area contributed by atoms with E-state index in [1.54, 1.807) is 77.0 Å². The van der Waals surface area contributed by atoms with Crippen LogP contribution in [0.15, 0.2) is 48.5 Å². The van der Waals surface area contributed by atoms with Gasteiger partial charge in [-0.15, -0.1) is 0 Å². The van der Waals surface area contributed by atoms with Crippen molar-refractivity contribution in [1.82, 2.24) is 0 Å². The summed E-state index contributed by atoms with van der Waals surface area (Å²) in [5.74, 6) is 0. The number of benzene rings is 2. The van der Waals surface area contributed by atoms with E-state index in [4.69, 9.17) is 18.7 Å². The molecule has 0 spiro atoms. The molecule has 0 aliphatic heterocycles. The van der Waals surface area contributed by atoms with E-state index in [0.717, 1.165) is 16.8 Å². The van der Waals surface area contributed by atoms with Crippen molar-refractivity contribution in [1.29, 1.82) is 0 Å². The van der Waals surface area contributed by atoms with Crippen LogP contribution in [0, 0.1) is 6.07 Å². The van der Waals surface area contributed by atoms with Crippen molar-refractivity contribution >= 4 is 23.7 Å². The van der Waals surface area contributed by atoms with Gasteiger partial charge in [0.2, 0.25) is 0 Å². The van der Waals surface area contributed by atoms with Gasteiger partial charge in [0.05, 0.1) is 10.1 Å². The molecule has 0 aromatic heterocycles. The summed E-state index contributed by atoms with van der Waals surface area (Å²) >= 11 is 0. The summed E-state index contributed by atoms with van der Waals surface area (Å²) in [5.41, 5.74) is 12.3. The van der Waals surface area contributed by atoms with E-state index in [1.807, 2.05) is 48.5 Å². The molecular weight excluding hydrogens is 604 g/mol. The zero-order valence-electron chi connectivity index (χ0n) is 22.9. The van der Waals surface area contributed by atoms with Crippen molar-refractivity contribution in [3.05, 3.63) is 54.6 Å². The van der Waals surface area contributed by atoms with Crippen molar-refractivity contribution in [3.8, 4) is 11.1 Å². The minimum Gasteiger partial charge on any atom is -0.748 e. The van der Waals surface area contributed by atoms with E-state index < -0.39 is 10.1 Å². The normalized spacial score (nSPS) is 19.3. The largest absolute Gasteiger partial charge is 0.748 e. The first kappa shape index (κ1) is 33.4. The Morgan fingerprint density at radius 1 is 0.737 bits per heavy atom. The molecule has 3 saturated carbocycles. The molecule has 38 heavy (non-hydrogen) atoms. The van der Waals surface area contributed by atoms with E-state index in [-0.39, 0.29) is 20.4 Å². The molecule has 215 valence electrons. The van der Waals surface area contributed by atoms with Crippen LogP contribution in [-0.2, 0) is 30.5 Å². The van der Waals surface area contributed by atoms with Crippen LogP contribution in [0.25, 0.3) is 11.1 Å². The molecular formula is C31H46NO3PPdS-. The van der Waals surface area contributed by atoms with Crippen LogP contribution in [-0.4, -0.2) is 36.2 Å². The van der Waals surface area contributed by atoms with Crippen molar-refractivity contribution in [3.63, 3.8) is 0 Å². The first-order valence-corrected chi connectivity index (χ1v) is 17.7. The Morgan fingerprint density at radius 3 is 1.50 bits per heavy atom. The predicted molar refractivity (Wildman–Crippen MR) is 158 cm³/mol. The number of anilines is 1. The summed E-state index contributed by atoms with van der Waals surface area (Å²) < 4.78 is 27.2. The molecule has 3 aliphatic rings. The number of nitrogen functional groups attached to an aromatic ring is 1. The van der Waals surface area contributed by atoms with Crippen molar-refractivity contribution < 1.29 is 33.4 Å². The molecule has 0 heterocycles. The number of hydrogen-bond acceptors (Lipinski definition) is 4. The molecule has 0 unspecified atom stereocenters. The third kappa shape index (κ3) is 12.2. The van der Waals surface area contributed by atoms with Gasteiger partial charge in [0.15, 0.2) is 0 Å². The van der Waals surface area contributed by atoms with Gasteiger partial charge in [-0.2, -0.15) is 0 Å². The van der Waals surface area contributed by atoms with E-state index in [2.05, 4.69) is 6.07 Å². The molecule has 5 rings (SSSR count). The Bertz CT molecular complexity index is 952. The van der Waals surface area contributed by atoms with Crippen molar-refractivity contribution in [2.45, 2.75) is 113 Å². The Labute approximate surface area is 247 Å². The fourth-order valence-electron chi connectivity index (χ4n) is 6.34. The molecule has 3 aliphatic carbocycles. The number of hydrogen-bond donors (Lipinski definition) is 1. The van der Waals surface area contributed by atoms with Crippen LogP contribution in [0.5, 0.6) is 0 Å². The molecule has 2 aromatic rings. The van der Waals surface area contributed by atoms with Gasteiger partial charge < -0.3 is 10.3 Å². The molecule has 0 bridgehead atoms. The first-order valence-electron chi connectivity index (χ1n) is 14.3. The number of rotatable bonds is 4. The van der Waals surface area contributed by atoms with Crippen LogP contribution < -0.4 is 5.73 Å². The molecule has 0 saturated heterocycles. The summed E-state index contributed by atoms with van der Waals surface area (Å²) in [5, 5.41) is 0. The number of nitrogens with two attached hydrogens (primary N) is 1. The van der Waals surface area contributed by atoms with E-state index >= 15 is 0 Å². The smallest absolute Gasteiger partial charge is 0.0916 e. The fraction of sp³-hybridized carbons (Fsp3) is 0.613.